The first-order chi connectivity index (χ1) is 11.7. The van der Waals surface area contributed by atoms with Crippen LogP contribution < -0.4 is 0 Å². The number of carbonyl (C=O) groups excluding carboxylic acids is 2. The molecule has 2 amide bonds. The summed E-state index contributed by atoms with van der Waals surface area (Å²) in [4.78, 5) is 32.1. The van der Waals surface area contributed by atoms with Crippen molar-refractivity contribution in [2.24, 2.45) is 0 Å². The minimum Gasteiger partial charge on any atom is -0.356 e. The molecule has 1 unspecified atom stereocenters. The molecule has 24 heavy (non-hydrogen) atoms. The molecule has 5 nitrogen and oxygen atoms in total. The monoisotopic (exact) mass is 343 g/mol. The molecule has 0 aromatic carbocycles. The lowest BCUT2D eigenvalue weighted by atomic mass is 10.1. The SMILES string of the molecule is O=C(c1cc(C(=O)N2CCCC2c2ccsc2)c[nH]1)N1CCCC1. The molecule has 0 radical (unpaired) electrons. The maximum absolute atomic E-state index is 12.9. The second kappa shape index (κ2) is 6.43. The van der Waals surface area contributed by atoms with Gasteiger partial charge in [0, 0.05) is 25.8 Å². The maximum Gasteiger partial charge on any atom is 0.270 e. The maximum atomic E-state index is 12.9. The van der Waals surface area contributed by atoms with Gasteiger partial charge in [-0.05, 0) is 54.1 Å². The molecule has 4 rings (SSSR count). The summed E-state index contributed by atoms with van der Waals surface area (Å²) >= 11 is 1.66. The number of likely N-dealkylation sites (tertiary alicyclic amines) is 2. The zero-order valence-corrected chi connectivity index (χ0v) is 14.3. The van der Waals surface area contributed by atoms with E-state index in [9.17, 15) is 9.59 Å². The number of H-pyrrole nitrogens is 1. The molecule has 2 aliphatic rings. The molecule has 2 aromatic rings. The zero-order chi connectivity index (χ0) is 16.5. The molecule has 0 saturated carbocycles. The Bertz CT molecular complexity index is 731. The number of carbonyl (C=O) groups is 2. The molecule has 2 aliphatic heterocycles. The number of hydrogen-bond donors (Lipinski definition) is 1. The molecule has 4 heterocycles. The Morgan fingerprint density at radius 1 is 1.12 bits per heavy atom. The molecule has 1 atom stereocenters. The van der Waals surface area contributed by atoms with Gasteiger partial charge in [0.05, 0.1) is 11.6 Å². The largest absolute Gasteiger partial charge is 0.356 e. The molecule has 6 heteroatoms. The predicted octanol–water partition coefficient (Wildman–Crippen LogP) is 3.29. The van der Waals surface area contributed by atoms with Crippen molar-refractivity contribution in [3.8, 4) is 0 Å². The second-order valence-corrected chi connectivity index (χ2v) is 7.29. The smallest absolute Gasteiger partial charge is 0.270 e. The number of aromatic amines is 1. The Morgan fingerprint density at radius 2 is 1.96 bits per heavy atom. The second-order valence-electron chi connectivity index (χ2n) is 6.51. The van der Waals surface area contributed by atoms with Gasteiger partial charge in [-0.15, -0.1) is 0 Å². The van der Waals surface area contributed by atoms with E-state index in [0.29, 0.717) is 11.3 Å². The van der Waals surface area contributed by atoms with Gasteiger partial charge in [-0.2, -0.15) is 11.3 Å². The summed E-state index contributed by atoms with van der Waals surface area (Å²) in [5.74, 6) is 0.0165. The van der Waals surface area contributed by atoms with Crippen molar-refractivity contribution in [1.82, 2.24) is 14.8 Å². The van der Waals surface area contributed by atoms with Crippen LogP contribution in [0.5, 0.6) is 0 Å². The van der Waals surface area contributed by atoms with Gasteiger partial charge in [0.25, 0.3) is 11.8 Å². The molecule has 2 aromatic heterocycles. The van der Waals surface area contributed by atoms with Crippen LogP contribution >= 0.6 is 11.3 Å². The minimum absolute atomic E-state index is 0.00218. The molecular formula is C18H21N3O2S. The normalized spacial score (nSPS) is 20.8. The van der Waals surface area contributed by atoms with Crippen molar-refractivity contribution >= 4 is 23.2 Å². The van der Waals surface area contributed by atoms with Crippen LogP contribution in [0.4, 0.5) is 0 Å². The van der Waals surface area contributed by atoms with Crippen LogP contribution in [0.2, 0.25) is 0 Å². The minimum atomic E-state index is 0.00218. The number of rotatable bonds is 3. The lowest BCUT2D eigenvalue weighted by Gasteiger charge is -2.23. The fourth-order valence-corrected chi connectivity index (χ4v) is 4.43. The zero-order valence-electron chi connectivity index (χ0n) is 13.5. The summed E-state index contributed by atoms with van der Waals surface area (Å²) in [7, 11) is 0. The van der Waals surface area contributed by atoms with E-state index in [1.54, 1.807) is 23.6 Å². The summed E-state index contributed by atoms with van der Waals surface area (Å²) in [6.45, 7) is 2.40. The third-order valence-electron chi connectivity index (χ3n) is 5.00. The van der Waals surface area contributed by atoms with E-state index in [2.05, 4.69) is 21.8 Å². The topological polar surface area (TPSA) is 56.4 Å². The van der Waals surface area contributed by atoms with Crippen molar-refractivity contribution < 1.29 is 9.59 Å². The average molecular weight is 343 g/mol. The fraction of sp³-hybridized carbons (Fsp3) is 0.444. The third-order valence-corrected chi connectivity index (χ3v) is 5.70. The van der Waals surface area contributed by atoms with Gasteiger partial charge in [-0.25, -0.2) is 0 Å². The standard InChI is InChI=1S/C18H21N3O2S/c22-17(21-8-3-4-16(21)13-5-9-24-12-13)14-10-15(19-11-14)18(23)20-6-1-2-7-20/h5,9-12,16,19H,1-4,6-8H2. The van der Waals surface area contributed by atoms with Crippen molar-refractivity contribution in [3.05, 3.63) is 45.9 Å². The van der Waals surface area contributed by atoms with Crippen LogP contribution in [0.25, 0.3) is 0 Å². The van der Waals surface area contributed by atoms with Crippen molar-refractivity contribution in [3.63, 3.8) is 0 Å². The molecular weight excluding hydrogens is 322 g/mol. The van der Waals surface area contributed by atoms with E-state index in [1.165, 1.54) is 5.56 Å². The number of nitrogens with zero attached hydrogens (tertiary/aromatic N) is 2. The highest BCUT2D eigenvalue weighted by atomic mass is 32.1. The van der Waals surface area contributed by atoms with E-state index in [0.717, 1.165) is 45.3 Å². The van der Waals surface area contributed by atoms with Crippen molar-refractivity contribution in [2.75, 3.05) is 19.6 Å². The van der Waals surface area contributed by atoms with E-state index in [-0.39, 0.29) is 17.9 Å². The van der Waals surface area contributed by atoms with Gasteiger partial charge in [-0.3, -0.25) is 9.59 Å². The summed E-state index contributed by atoms with van der Waals surface area (Å²) in [5, 5.41) is 4.18. The van der Waals surface area contributed by atoms with Gasteiger partial charge >= 0.3 is 0 Å². The van der Waals surface area contributed by atoms with E-state index in [4.69, 9.17) is 0 Å². The molecule has 0 bridgehead atoms. The Labute approximate surface area is 145 Å². The van der Waals surface area contributed by atoms with Gasteiger partial charge in [-0.1, -0.05) is 0 Å². The van der Waals surface area contributed by atoms with Crippen LogP contribution in [-0.2, 0) is 0 Å². The number of hydrogen-bond acceptors (Lipinski definition) is 3. The lowest BCUT2D eigenvalue weighted by molar-refractivity contribution is 0.0736. The highest BCUT2D eigenvalue weighted by Crippen LogP contribution is 2.34. The van der Waals surface area contributed by atoms with Crippen molar-refractivity contribution in [2.45, 2.75) is 31.7 Å². The van der Waals surface area contributed by atoms with Crippen LogP contribution in [0.3, 0.4) is 0 Å². The van der Waals surface area contributed by atoms with Crippen molar-refractivity contribution in [1.29, 1.82) is 0 Å². The van der Waals surface area contributed by atoms with Crippen LogP contribution in [-0.4, -0.2) is 46.2 Å². The lowest BCUT2D eigenvalue weighted by Crippen LogP contribution is -2.30. The summed E-state index contributed by atoms with van der Waals surface area (Å²) in [6, 6.07) is 3.98. The van der Waals surface area contributed by atoms with Gasteiger partial charge in [0.15, 0.2) is 0 Å². The predicted molar refractivity (Wildman–Crippen MR) is 93.3 cm³/mol. The first kappa shape index (κ1) is 15.4. The highest BCUT2D eigenvalue weighted by molar-refractivity contribution is 7.08. The van der Waals surface area contributed by atoms with Crippen LogP contribution in [0.1, 0.15) is 58.1 Å². The first-order valence-electron chi connectivity index (χ1n) is 8.55. The van der Waals surface area contributed by atoms with Gasteiger partial charge < -0.3 is 14.8 Å². The van der Waals surface area contributed by atoms with Crippen LogP contribution in [0.15, 0.2) is 29.1 Å². The van der Waals surface area contributed by atoms with E-state index >= 15 is 0 Å². The highest BCUT2D eigenvalue weighted by Gasteiger charge is 2.31. The van der Waals surface area contributed by atoms with E-state index in [1.807, 2.05) is 9.80 Å². The molecule has 126 valence electrons. The first-order valence-corrected chi connectivity index (χ1v) is 9.49. The average Bonchev–Trinajstić information content (AvgIpc) is 3.41. The molecule has 1 N–H and O–H groups in total. The third kappa shape index (κ3) is 2.75. The molecule has 2 saturated heterocycles. The summed E-state index contributed by atoms with van der Waals surface area (Å²) < 4.78 is 0. The molecule has 0 spiro atoms. The van der Waals surface area contributed by atoms with Gasteiger partial charge in [0.1, 0.15) is 5.69 Å². The summed E-state index contributed by atoms with van der Waals surface area (Å²) in [5.41, 5.74) is 2.32. The van der Waals surface area contributed by atoms with E-state index < -0.39 is 0 Å². The number of nitrogens with one attached hydrogen (secondary N) is 1. The Balaban J connectivity index is 1.51. The Hall–Kier alpha value is -2.08. The number of thiophene rings is 1. The number of amides is 2. The molecule has 0 aliphatic carbocycles. The van der Waals surface area contributed by atoms with Crippen LogP contribution in [0, 0.1) is 0 Å². The fourth-order valence-electron chi connectivity index (χ4n) is 3.72. The number of aromatic nitrogens is 1. The Kier molecular flexibility index (Phi) is 4.14. The van der Waals surface area contributed by atoms with Gasteiger partial charge in [0.2, 0.25) is 0 Å². The quantitative estimate of drug-likeness (QED) is 0.930. The summed E-state index contributed by atoms with van der Waals surface area (Å²) in [6.07, 6.45) is 5.83. The molecule has 2 fully saturated rings. The Morgan fingerprint density at radius 3 is 2.71 bits per heavy atom.